The van der Waals surface area contributed by atoms with Crippen molar-refractivity contribution in [1.29, 1.82) is 0 Å². The summed E-state index contributed by atoms with van der Waals surface area (Å²) in [5, 5.41) is 0. The SMILES string of the molecule is CC1CC(C)C[NH+](CC(=O)C2CCC(Br)CC2)C1. The molecule has 1 saturated carbocycles. The second-order valence-electron chi connectivity index (χ2n) is 6.70. The molecule has 0 aromatic heterocycles. The quantitative estimate of drug-likeness (QED) is 0.791. The van der Waals surface area contributed by atoms with E-state index < -0.39 is 0 Å². The lowest BCUT2D eigenvalue weighted by molar-refractivity contribution is -0.904. The molecule has 0 bridgehead atoms. The second-order valence-corrected chi connectivity index (χ2v) is 7.99. The van der Waals surface area contributed by atoms with Crippen LogP contribution in [0, 0.1) is 17.8 Å². The fourth-order valence-corrected chi connectivity index (χ4v) is 4.36. The molecule has 1 aliphatic carbocycles. The van der Waals surface area contributed by atoms with Crippen LogP contribution < -0.4 is 4.90 Å². The molecule has 2 atom stereocenters. The smallest absolute Gasteiger partial charge is 0.189 e. The van der Waals surface area contributed by atoms with Gasteiger partial charge in [-0.3, -0.25) is 4.79 Å². The Bertz CT molecular complexity index is 276. The van der Waals surface area contributed by atoms with Gasteiger partial charge in [-0.15, -0.1) is 0 Å². The van der Waals surface area contributed by atoms with Crippen LogP contribution in [-0.4, -0.2) is 30.2 Å². The van der Waals surface area contributed by atoms with Crippen LogP contribution >= 0.6 is 15.9 Å². The summed E-state index contributed by atoms with van der Waals surface area (Å²) in [6, 6.07) is 0. The number of halogens is 1. The highest BCUT2D eigenvalue weighted by atomic mass is 79.9. The number of quaternary nitrogens is 1. The minimum Gasteiger partial charge on any atom is -0.328 e. The van der Waals surface area contributed by atoms with Crippen molar-refractivity contribution in [3.05, 3.63) is 0 Å². The Labute approximate surface area is 120 Å². The number of ketones is 1. The zero-order valence-electron chi connectivity index (χ0n) is 11.8. The van der Waals surface area contributed by atoms with E-state index in [2.05, 4.69) is 29.8 Å². The number of hydrogen-bond donors (Lipinski definition) is 1. The van der Waals surface area contributed by atoms with Crippen LogP contribution in [-0.2, 0) is 4.79 Å². The lowest BCUT2D eigenvalue weighted by Crippen LogP contribution is -3.15. The first-order valence-electron chi connectivity index (χ1n) is 7.55. The molecule has 3 heteroatoms. The van der Waals surface area contributed by atoms with E-state index in [1.54, 1.807) is 0 Å². The summed E-state index contributed by atoms with van der Waals surface area (Å²) >= 11 is 3.66. The Morgan fingerprint density at radius 3 is 2.22 bits per heavy atom. The van der Waals surface area contributed by atoms with Gasteiger partial charge in [-0.1, -0.05) is 29.8 Å². The Morgan fingerprint density at radius 1 is 1.11 bits per heavy atom. The van der Waals surface area contributed by atoms with Gasteiger partial charge in [0.2, 0.25) is 0 Å². The standard InChI is InChI=1S/C15H26BrNO/c1-11-7-12(2)9-17(8-11)10-15(18)13-3-5-14(16)6-4-13/h11-14H,3-10H2,1-2H3/p+1. The van der Waals surface area contributed by atoms with E-state index in [1.807, 2.05) is 0 Å². The molecule has 2 unspecified atom stereocenters. The van der Waals surface area contributed by atoms with Gasteiger partial charge in [-0.25, -0.2) is 0 Å². The number of Topliss-reactive ketones (excluding diaryl/α,β-unsaturated/α-hetero) is 1. The first-order valence-corrected chi connectivity index (χ1v) is 8.46. The van der Waals surface area contributed by atoms with E-state index in [0.717, 1.165) is 31.2 Å². The lowest BCUT2D eigenvalue weighted by atomic mass is 9.85. The Morgan fingerprint density at radius 2 is 1.67 bits per heavy atom. The van der Waals surface area contributed by atoms with Crippen molar-refractivity contribution in [3.8, 4) is 0 Å². The molecule has 0 radical (unpaired) electrons. The average Bonchev–Trinajstić information content (AvgIpc) is 2.28. The van der Waals surface area contributed by atoms with Crippen molar-refractivity contribution in [2.75, 3.05) is 19.6 Å². The maximum absolute atomic E-state index is 12.4. The van der Waals surface area contributed by atoms with E-state index in [4.69, 9.17) is 0 Å². The molecule has 104 valence electrons. The molecule has 0 aromatic carbocycles. The molecule has 2 fully saturated rings. The molecule has 1 N–H and O–H groups in total. The molecule has 2 aliphatic rings. The second kappa shape index (κ2) is 6.51. The van der Waals surface area contributed by atoms with Crippen LogP contribution in [0.5, 0.6) is 0 Å². The first-order chi connectivity index (χ1) is 8.54. The number of alkyl halides is 1. The first kappa shape index (κ1) is 14.5. The highest BCUT2D eigenvalue weighted by Gasteiger charge is 2.31. The van der Waals surface area contributed by atoms with E-state index >= 15 is 0 Å². The third kappa shape index (κ3) is 4.06. The summed E-state index contributed by atoms with van der Waals surface area (Å²) in [7, 11) is 0. The van der Waals surface area contributed by atoms with Crippen molar-refractivity contribution in [3.63, 3.8) is 0 Å². The van der Waals surface area contributed by atoms with Gasteiger partial charge in [0.25, 0.3) is 0 Å². The van der Waals surface area contributed by atoms with Gasteiger partial charge in [0.05, 0.1) is 13.1 Å². The number of likely N-dealkylation sites (tertiary alicyclic amines) is 1. The van der Waals surface area contributed by atoms with Gasteiger partial charge in [0, 0.05) is 22.6 Å². The Kier molecular flexibility index (Phi) is 5.25. The molecule has 1 heterocycles. The number of carbonyl (C=O) groups excluding carboxylic acids is 1. The highest BCUT2D eigenvalue weighted by Crippen LogP contribution is 2.28. The summed E-state index contributed by atoms with van der Waals surface area (Å²) in [6.45, 7) is 7.84. The summed E-state index contributed by atoms with van der Waals surface area (Å²) in [5.41, 5.74) is 0. The van der Waals surface area contributed by atoms with Gasteiger partial charge in [-0.05, 0) is 32.1 Å². The molecular weight excluding hydrogens is 290 g/mol. The minimum atomic E-state index is 0.360. The molecule has 2 nitrogen and oxygen atoms in total. The summed E-state index contributed by atoms with van der Waals surface area (Å²) in [4.78, 5) is 14.5. The van der Waals surface area contributed by atoms with Crippen molar-refractivity contribution in [2.45, 2.75) is 50.8 Å². The molecule has 2 rings (SSSR count). The number of piperidine rings is 1. The fourth-order valence-electron chi connectivity index (χ4n) is 3.83. The normalized spacial score (nSPS) is 41.6. The topological polar surface area (TPSA) is 21.5 Å². The molecule has 1 saturated heterocycles. The molecule has 18 heavy (non-hydrogen) atoms. The number of hydrogen-bond acceptors (Lipinski definition) is 1. The van der Waals surface area contributed by atoms with Crippen molar-refractivity contribution < 1.29 is 9.69 Å². The largest absolute Gasteiger partial charge is 0.328 e. The van der Waals surface area contributed by atoms with Crippen molar-refractivity contribution in [2.24, 2.45) is 17.8 Å². The monoisotopic (exact) mass is 316 g/mol. The van der Waals surface area contributed by atoms with Gasteiger partial charge < -0.3 is 4.90 Å². The predicted octanol–water partition coefficient (Wildman–Crippen LogP) is 2.07. The molecule has 1 aliphatic heterocycles. The van der Waals surface area contributed by atoms with E-state index in [-0.39, 0.29) is 0 Å². The molecule has 0 amide bonds. The molecule has 0 aromatic rings. The van der Waals surface area contributed by atoms with E-state index in [0.29, 0.717) is 16.5 Å². The fraction of sp³-hybridized carbons (Fsp3) is 0.933. The average molecular weight is 317 g/mol. The number of nitrogens with one attached hydrogen (secondary N) is 1. The van der Waals surface area contributed by atoms with Crippen LogP contribution in [0.2, 0.25) is 0 Å². The van der Waals surface area contributed by atoms with E-state index in [9.17, 15) is 4.79 Å². The van der Waals surface area contributed by atoms with Crippen molar-refractivity contribution >= 4 is 21.7 Å². The number of carbonyl (C=O) groups is 1. The minimum absolute atomic E-state index is 0.360. The zero-order chi connectivity index (χ0) is 13.1. The summed E-state index contributed by atoms with van der Waals surface area (Å²) in [5.74, 6) is 2.47. The highest BCUT2D eigenvalue weighted by molar-refractivity contribution is 9.09. The molecular formula is C15H27BrNO+. The van der Waals surface area contributed by atoms with Crippen molar-refractivity contribution in [1.82, 2.24) is 0 Å². The third-order valence-electron chi connectivity index (χ3n) is 4.62. The third-order valence-corrected chi connectivity index (χ3v) is 5.53. The van der Waals surface area contributed by atoms with Gasteiger partial charge in [0.1, 0.15) is 6.54 Å². The number of rotatable bonds is 3. The van der Waals surface area contributed by atoms with Crippen LogP contribution in [0.4, 0.5) is 0 Å². The van der Waals surface area contributed by atoms with E-state index in [1.165, 1.54) is 37.3 Å². The Hall–Kier alpha value is 0.110. The maximum Gasteiger partial charge on any atom is 0.189 e. The predicted molar refractivity (Wildman–Crippen MR) is 78.2 cm³/mol. The maximum atomic E-state index is 12.4. The van der Waals surface area contributed by atoms with Crippen LogP contribution in [0.25, 0.3) is 0 Å². The van der Waals surface area contributed by atoms with Gasteiger partial charge >= 0.3 is 0 Å². The summed E-state index contributed by atoms with van der Waals surface area (Å²) in [6.07, 6.45) is 5.91. The van der Waals surface area contributed by atoms with Crippen LogP contribution in [0.15, 0.2) is 0 Å². The Balaban J connectivity index is 1.80. The van der Waals surface area contributed by atoms with Crippen LogP contribution in [0.3, 0.4) is 0 Å². The summed E-state index contributed by atoms with van der Waals surface area (Å²) < 4.78 is 0. The van der Waals surface area contributed by atoms with Crippen LogP contribution in [0.1, 0.15) is 46.0 Å². The molecule has 0 spiro atoms. The lowest BCUT2D eigenvalue weighted by Gasteiger charge is -2.33. The van der Waals surface area contributed by atoms with Gasteiger partial charge in [-0.2, -0.15) is 0 Å². The zero-order valence-corrected chi connectivity index (χ0v) is 13.3. The van der Waals surface area contributed by atoms with Gasteiger partial charge in [0.15, 0.2) is 5.78 Å².